The Morgan fingerprint density at radius 2 is 1.78 bits per heavy atom. The van der Waals surface area contributed by atoms with Crippen LogP contribution in [0, 0.1) is 12.3 Å². The van der Waals surface area contributed by atoms with Crippen molar-refractivity contribution in [1.82, 2.24) is 5.32 Å². The summed E-state index contributed by atoms with van der Waals surface area (Å²) >= 11 is 0. The van der Waals surface area contributed by atoms with Crippen LogP contribution in [0.25, 0.3) is 11.1 Å². The second-order valence-corrected chi connectivity index (χ2v) is 7.15. The molecule has 23 heavy (non-hydrogen) atoms. The molecule has 0 saturated carbocycles. The van der Waals surface area contributed by atoms with Crippen molar-refractivity contribution >= 4 is 6.09 Å². The molecule has 3 heteroatoms. The topological polar surface area (TPSA) is 49.3 Å². The molecule has 0 spiro atoms. The van der Waals surface area contributed by atoms with Crippen molar-refractivity contribution < 1.29 is 9.90 Å². The average molecular weight is 309 g/mol. The first-order valence-corrected chi connectivity index (χ1v) is 8.06. The first kappa shape index (κ1) is 15.6. The van der Waals surface area contributed by atoms with Gasteiger partial charge in [0.05, 0.1) is 6.04 Å². The molecule has 3 rings (SSSR count). The molecule has 0 radical (unpaired) electrons. The molecule has 1 aliphatic carbocycles. The van der Waals surface area contributed by atoms with Crippen LogP contribution in [0.2, 0.25) is 0 Å². The first-order valence-electron chi connectivity index (χ1n) is 8.06. The summed E-state index contributed by atoms with van der Waals surface area (Å²) < 4.78 is 0. The van der Waals surface area contributed by atoms with Crippen molar-refractivity contribution in [3.8, 4) is 11.1 Å². The fourth-order valence-electron chi connectivity index (χ4n) is 3.45. The average Bonchev–Trinajstić information content (AvgIpc) is 2.50. The molecule has 2 N–H and O–H groups in total. The van der Waals surface area contributed by atoms with Gasteiger partial charge in [-0.3, -0.25) is 0 Å². The van der Waals surface area contributed by atoms with E-state index >= 15 is 0 Å². The van der Waals surface area contributed by atoms with E-state index in [4.69, 9.17) is 0 Å². The van der Waals surface area contributed by atoms with Crippen LogP contribution in [0.15, 0.2) is 42.5 Å². The van der Waals surface area contributed by atoms with Crippen molar-refractivity contribution in [2.24, 2.45) is 5.41 Å². The maximum absolute atomic E-state index is 11.2. The summed E-state index contributed by atoms with van der Waals surface area (Å²) in [4.78, 5) is 11.2. The fourth-order valence-corrected chi connectivity index (χ4v) is 3.45. The smallest absolute Gasteiger partial charge is 0.405 e. The molecular formula is C20H23NO2. The Morgan fingerprint density at radius 3 is 2.43 bits per heavy atom. The zero-order valence-corrected chi connectivity index (χ0v) is 13.9. The molecule has 120 valence electrons. The summed E-state index contributed by atoms with van der Waals surface area (Å²) in [7, 11) is 0. The van der Waals surface area contributed by atoms with Gasteiger partial charge in [0.25, 0.3) is 0 Å². The highest BCUT2D eigenvalue weighted by molar-refractivity contribution is 5.68. The van der Waals surface area contributed by atoms with Crippen LogP contribution in [-0.2, 0) is 6.42 Å². The number of hydrogen-bond acceptors (Lipinski definition) is 1. The van der Waals surface area contributed by atoms with Crippen LogP contribution in [0.4, 0.5) is 4.79 Å². The summed E-state index contributed by atoms with van der Waals surface area (Å²) in [5.74, 6) is 0. The van der Waals surface area contributed by atoms with Crippen LogP contribution in [0.1, 0.15) is 43.0 Å². The lowest BCUT2D eigenvalue weighted by atomic mass is 9.70. The standard InChI is InChI=1S/C20H23NO2/c1-13-4-6-14(7-5-13)15-8-9-17-16(12-15)10-11-20(2,3)18(17)21-19(22)23/h4-9,12,18,21H,10-11H2,1-3H3,(H,22,23)/t18-/m1/s1. The van der Waals surface area contributed by atoms with Gasteiger partial charge in [-0.15, -0.1) is 0 Å². The Labute approximate surface area is 137 Å². The van der Waals surface area contributed by atoms with Gasteiger partial charge in [-0.1, -0.05) is 61.9 Å². The van der Waals surface area contributed by atoms with Crippen LogP contribution >= 0.6 is 0 Å². The maximum Gasteiger partial charge on any atom is 0.405 e. The summed E-state index contributed by atoms with van der Waals surface area (Å²) in [6.45, 7) is 6.34. The van der Waals surface area contributed by atoms with E-state index in [-0.39, 0.29) is 11.5 Å². The van der Waals surface area contributed by atoms with Gasteiger partial charge in [0, 0.05) is 0 Å². The lowest BCUT2D eigenvalue weighted by Gasteiger charge is -2.40. The Morgan fingerprint density at radius 1 is 1.13 bits per heavy atom. The molecule has 0 aromatic heterocycles. The molecule has 0 heterocycles. The molecule has 0 fully saturated rings. The molecule has 3 nitrogen and oxygen atoms in total. The molecule has 0 bridgehead atoms. The van der Waals surface area contributed by atoms with Gasteiger partial charge >= 0.3 is 6.09 Å². The molecule has 1 atom stereocenters. The van der Waals surface area contributed by atoms with Crippen molar-refractivity contribution in [3.05, 3.63) is 59.2 Å². The lowest BCUT2D eigenvalue weighted by molar-refractivity contribution is 0.161. The zero-order chi connectivity index (χ0) is 16.6. The quantitative estimate of drug-likeness (QED) is 0.825. The van der Waals surface area contributed by atoms with Crippen LogP contribution < -0.4 is 5.32 Å². The first-order chi connectivity index (χ1) is 10.9. The number of carboxylic acid groups (broad SMARTS) is 1. The maximum atomic E-state index is 11.2. The van der Waals surface area contributed by atoms with Gasteiger partial charge in [0.2, 0.25) is 0 Å². The Hall–Kier alpha value is -2.29. The number of aryl methyl sites for hydroxylation is 2. The van der Waals surface area contributed by atoms with Crippen molar-refractivity contribution in [1.29, 1.82) is 0 Å². The van der Waals surface area contributed by atoms with E-state index in [1.54, 1.807) is 0 Å². The monoisotopic (exact) mass is 309 g/mol. The third-order valence-corrected chi connectivity index (χ3v) is 4.93. The summed E-state index contributed by atoms with van der Waals surface area (Å²) in [6.07, 6.45) is 1.00. The number of fused-ring (bicyclic) bond motifs is 1. The van der Waals surface area contributed by atoms with E-state index in [0.29, 0.717) is 0 Å². The number of benzene rings is 2. The molecular weight excluding hydrogens is 286 g/mol. The summed E-state index contributed by atoms with van der Waals surface area (Å²) in [6, 6.07) is 14.8. The molecule has 1 aliphatic rings. The van der Waals surface area contributed by atoms with E-state index in [2.05, 4.69) is 68.6 Å². The van der Waals surface area contributed by atoms with E-state index < -0.39 is 6.09 Å². The van der Waals surface area contributed by atoms with Gasteiger partial charge in [-0.2, -0.15) is 0 Å². The van der Waals surface area contributed by atoms with Gasteiger partial charge < -0.3 is 10.4 Å². The second kappa shape index (κ2) is 5.73. The Balaban J connectivity index is 2.00. The minimum absolute atomic E-state index is 0.0727. The van der Waals surface area contributed by atoms with E-state index in [1.807, 2.05) is 0 Å². The van der Waals surface area contributed by atoms with Crippen LogP contribution in [0.3, 0.4) is 0 Å². The van der Waals surface area contributed by atoms with Gasteiger partial charge in [-0.05, 0) is 47.4 Å². The van der Waals surface area contributed by atoms with Gasteiger partial charge in [0.1, 0.15) is 0 Å². The molecule has 2 aromatic rings. The fraction of sp³-hybridized carbons (Fsp3) is 0.350. The summed E-state index contributed by atoms with van der Waals surface area (Å²) in [5, 5.41) is 11.9. The van der Waals surface area contributed by atoms with Crippen molar-refractivity contribution in [3.63, 3.8) is 0 Å². The Kier molecular flexibility index (Phi) is 3.88. The number of carbonyl (C=O) groups is 1. The number of rotatable bonds is 2. The van der Waals surface area contributed by atoms with Crippen LogP contribution in [0.5, 0.6) is 0 Å². The minimum atomic E-state index is -0.960. The van der Waals surface area contributed by atoms with Gasteiger partial charge in [-0.25, -0.2) is 4.79 Å². The van der Waals surface area contributed by atoms with Crippen molar-refractivity contribution in [2.75, 3.05) is 0 Å². The highest BCUT2D eigenvalue weighted by Gasteiger charge is 2.36. The number of nitrogens with one attached hydrogen (secondary N) is 1. The zero-order valence-electron chi connectivity index (χ0n) is 13.9. The lowest BCUT2D eigenvalue weighted by Crippen LogP contribution is -2.40. The highest BCUT2D eigenvalue weighted by atomic mass is 16.4. The molecule has 0 unspecified atom stereocenters. The molecule has 1 amide bonds. The highest BCUT2D eigenvalue weighted by Crippen LogP contribution is 2.44. The molecule has 0 aliphatic heterocycles. The molecule has 2 aromatic carbocycles. The van der Waals surface area contributed by atoms with Crippen molar-refractivity contribution in [2.45, 2.75) is 39.7 Å². The minimum Gasteiger partial charge on any atom is -0.465 e. The number of amides is 1. The van der Waals surface area contributed by atoms with Crippen LogP contribution in [-0.4, -0.2) is 11.2 Å². The van der Waals surface area contributed by atoms with E-state index in [9.17, 15) is 9.90 Å². The normalized spacial score (nSPS) is 19.0. The predicted molar refractivity (Wildman–Crippen MR) is 92.6 cm³/mol. The third-order valence-electron chi connectivity index (χ3n) is 4.93. The molecule has 0 saturated heterocycles. The SMILES string of the molecule is Cc1ccc(-c2ccc3c(c2)CCC(C)(C)[C@@H]3NC(=O)O)cc1. The van der Waals surface area contributed by atoms with E-state index in [0.717, 1.165) is 18.4 Å². The third kappa shape index (κ3) is 3.09. The Bertz CT molecular complexity index is 732. The number of hydrogen-bond donors (Lipinski definition) is 2. The largest absolute Gasteiger partial charge is 0.465 e. The van der Waals surface area contributed by atoms with Gasteiger partial charge in [0.15, 0.2) is 0 Å². The predicted octanol–water partition coefficient (Wildman–Crippen LogP) is 4.94. The second-order valence-electron chi connectivity index (χ2n) is 7.15. The summed E-state index contributed by atoms with van der Waals surface area (Å²) in [5.41, 5.74) is 5.93. The van der Waals surface area contributed by atoms with E-state index in [1.165, 1.54) is 22.3 Å².